The Balaban J connectivity index is 2.10. The lowest BCUT2D eigenvalue weighted by Gasteiger charge is -2.03. The number of oxime groups is 1. The van der Waals surface area contributed by atoms with Crippen LogP contribution in [0.15, 0.2) is 29.4 Å². The molecule has 0 bridgehead atoms. The maximum atomic E-state index is 5.28. The van der Waals surface area contributed by atoms with E-state index in [4.69, 9.17) is 9.57 Å². The second-order valence-electron chi connectivity index (χ2n) is 3.61. The van der Waals surface area contributed by atoms with E-state index >= 15 is 0 Å². The molecule has 15 heavy (non-hydrogen) atoms. The summed E-state index contributed by atoms with van der Waals surface area (Å²) in [6.07, 6.45) is 2.16. The topological polar surface area (TPSA) is 30.8 Å². The van der Waals surface area contributed by atoms with E-state index in [0.717, 1.165) is 29.9 Å². The van der Waals surface area contributed by atoms with E-state index in [0.29, 0.717) is 0 Å². The van der Waals surface area contributed by atoms with Crippen molar-refractivity contribution in [2.75, 3.05) is 7.11 Å². The van der Waals surface area contributed by atoms with Crippen LogP contribution < -0.4 is 4.74 Å². The third kappa shape index (κ3) is 2.12. The van der Waals surface area contributed by atoms with E-state index < -0.39 is 0 Å². The first-order valence-electron chi connectivity index (χ1n) is 5.20. The molecule has 1 aromatic rings. The van der Waals surface area contributed by atoms with Gasteiger partial charge in [0.05, 0.1) is 12.8 Å². The Morgan fingerprint density at radius 2 is 2.13 bits per heavy atom. The first-order chi connectivity index (χ1) is 7.33. The van der Waals surface area contributed by atoms with Gasteiger partial charge in [0.2, 0.25) is 0 Å². The first kappa shape index (κ1) is 10.0. The van der Waals surface area contributed by atoms with E-state index in [1.807, 2.05) is 24.3 Å². The normalized spacial score (nSPS) is 19.6. The van der Waals surface area contributed by atoms with E-state index in [-0.39, 0.29) is 6.10 Å². The van der Waals surface area contributed by atoms with Crippen LogP contribution in [-0.4, -0.2) is 18.9 Å². The zero-order valence-electron chi connectivity index (χ0n) is 9.06. The number of benzene rings is 1. The minimum atomic E-state index is 0.252. The highest BCUT2D eigenvalue weighted by atomic mass is 16.6. The van der Waals surface area contributed by atoms with E-state index in [2.05, 4.69) is 12.1 Å². The predicted molar refractivity (Wildman–Crippen MR) is 59.3 cm³/mol. The fourth-order valence-corrected chi connectivity index (χ4v) is 1.60. The molecule has 3 nitrogen and oxygen atoms in total. The van der Waals surface area contributed by atoms with Gasteiger partial charge in [-0.05, 0) is 36.2 Å². The van der Waals surface area contributed by atoms with Gasteiger partial charge in [0.25, 0.3) is 0 Å². The van der Waals surface area contributed by atoms with Gasteiger partial charge in [0, 0.05) is 6.42 Å². The highest BCUT2D eigenvalue weighted by Gasteiger charge is 2.19. The smallest absolute Gasteiger partial charge is 0.133 e. The van der Waals surface area contributed by atoms with Gasteiger partial charge < -0.3 is 9.57 Å². The highest BCUT2D eigenvalue weighted by Crippen LogP contribution is 2.20. The van der Waals surface area contributed by atoms with Gasteiger partial charge in [-0.15, -0.1) is 0 Å². The average Bonchev–Trinajstić information content (AvgIpc) is 2.78. The van der Waals surface area contributed by atoms with Crippen LogP contribution in [0.3, 0.4) is 0 Å². The molecule has 80 valence electrons. The Morgan fingerprint density at radius 3 is 2.67 bits per heavy atom. The summed E-state index contributed by atoms with van der Waals surface area (Å²) < 4.78 is 5.10. The third-order valence-corrected chi connectivity index (χ3v) is 2.61. The average molecular weight is 205 g/mol. The molecule has 2 rings (SSSR count). The van der Waals surface area contributed by atoms with Crippen LogP contribution in [-0.2, 0) is 4.84 Å². The van der Waals surface area contributed by atoms with Crippen molar-refractivity contribution in [3.8, 4) is 5.75 Å². The summed E-state index contributed by atoms with van der Waals surface area (Å²) in [5.41, 5.74) is 2.15. The zero-order valence-corrected chi connectivity index (χ0v) is 9.06. The second kappa shape index (κ2) is 4.34. The molecular weight excluding hydrogens is 190 g/mol. The molecule has 0 aliphatic carbocycles. The Kier molecular flexibility index (Phi) is 2.90. The summed E-state index contributed by atoms with van der Waals surface area (Å²) in [4.78, 5) is 5.28. The van der Waals surface area contributed by atoms with Gasteiger partial charge in [-0.3, -0.25) is 0 Å². The maximum absolute atomic E-state index is 5.28. The van der Waals surface area contributed by atoms with Crippen LogP contribution in [0.25, 0.3) is 0 Å². The van der Waals surface area contributed by atoms with Gasteiger partial charge in [-0.1, -0.05) is 12.1 Å². The molecule has 0 fully saturated rings. The van der Waals surface area contributed by atoms with Gasteiger partial charge in [0.15, 0.2) is 0 Å². The van der Waals surface area contributed by atoms with Crippen molar-refractivity contribution in [3.05, 3.63) is 29.8 Å². The molecule has 3 heteroatoms. The summed E-state index contributed by atoms with van der Waals surface area (Å²) in [7, 11) is 1.66. The van der Waals surface area contributed by atoms with Crippen LogP contribution in [0.2, 0.25) is 0 Å². The Morgan fingerprint density at radius 1 is 1.40 bits per heavy atom. The van der Waals surface area contributed by atoms with Crippen LogP contribution in [0.5, 0.6) is 5.75 Å². The number of nitrogens with zero attached hydrogens (tertiary/aromatic N) is 1. The molecule has 1 aliphatic heterocycles. The number of hydrogen-bond acceptors (Lipinski definition) is 3. The highest BCUT2D eigenvalue weighted by molar-refractivity contribution is 6.01. The first-order valence-corrected chi connectivity index (χ1v) is 5.20. The minimum Gasteiger partial charge on any atom is -0.497 e. The van der Waals surface area contributed by atoms with Crippen molar-refractivity contribution in [1.29, 1.82) is 0 Å². The van der Waals surface area contributed by atoms with Crippen LogP contribution in [0, 0.1) is 0 Å². The quantitative estimate of drug-likeness (QED) is 0.759. The molecule has 0 radical (unpaired) electrons. The SMILES string of the molecule is CCC1CC(c2ccc(OC)cc2)=NO1. The number of hydrogen-bond donors (Lipinski definition) is 0. The third-order valence-electron chi connectivity index (χ3n) is 2.61. The van der Waals surface area contributed by atoms with Crippen molar-refractivity contribution in [2.24, 2.45) is 5.16 Å². The van der Waals surface area contributed by atoms with E-state index in [1.165, 1.54) is 0 Å². The molecule has 1 aliphatic rings. The van der Waals surface area contributed by atoms with Crippen LogP contribution in [0.1, 0.15) is 25.3 Å². The molecule has 0 spiro atoms. The molecule has 0 saturated carbocycles. The number of methoxy groups -OCH3 is 1. The van der Waals surface area contributed by atoms with E-state index in [1.54, 1.807) is 7.11 Å². The molecule has 1 heterocycles. The summed E-state index contributed by atoms with van der Waals surface area (Å²) in [5.74, 6) is 0.866. The fourth-order valence-electron chi connectivity index (χ4n) is 1.60. The zero-order chi connectivity index (χ0) is 10.7. The largest absolute Gasteiger partial charge is 0.497 e. The molecule has 0 aromatic heterocycles. The summed E-state index contributed by atoms with van der Waals surface area (Å²) >= 11 is 0. The number of ether oxygens (including phenoxy) is 1. The predicted octanol–water partition coefficient (Wildman–Crippen LogP) is 2.60. The molecule has 0 N–H and O–H groups in total. The Bertz CT molecular complexity index is 356. The van der Waals surface area contributed by atoms with Gasteiger partial charge in [0.1, 0.15) is 11.9 Å². The molecule has 1 atom stereocenters. The summed E-state index contributed by atoms with van der Waals surface area (Å²) in [5, 5.41) is 4.09. The lowest BCUT2D eigenvalue weighted by atomic mass is 10.0. The van der Waals surface area contributed by atoms with Crippen molar-refractivity contribution in [2.45, 2.75) is 25.9 Å². The Labute approximate surface area is 89.7 Å². The maximum Gasteiger partial charge on any atom is 0.133 e. The second-order valence-corrected chi connectivity index (χ2v) is 3.61. The fraction of sp³-hybridized carbons (Fsp3) is 0.417. The van der Waals surface area contributed by atoms with Gasteiger partial charge in [-0.2, -0.15) is 0 Å². The van der Waals surface area contributed by atoms with Crippen molar-refractivity contribution in [1.82, 2.24) is 0 Å². The molecule has 1 aromatic carbocycles. The van der Waals surface area contributed by atoms with Crippen LogP contribution in [0.4, 0.5) is 0 Å². The molecule has 0 saturated heterocycles. The number of rotatable bonds is 3. The summed E-state index contributed by atoms with van der Waals surface area (Å²) in [6, 6.07) is 7.91. The van der Waals surface area contributed by atoms with Crippen molar-refractivity contribution in [3.63, 3.8) is 0 Å². The standard InChI is InChI=1S/C12H15NO2/c1-3-10-8-12(13-15-10)9-4-6-11(14-2)7-5-9/h4-7,10H,3,8H2,1-2H3. The lowest BCUT2D eigenvalue weighted by molar-refractivity contribution is 0.0829. The molecule has 0 amide bonds. The molecule has 1 unspecified atom stereocenters. The summed E-state index contributed by atoms with van der Waals surface area (Å²) in [6.45, 7) is 2.11. The minimum absolute atomic E-state index is 0.252. The van der Waals surface area contributed by atoms with Gasteiger partial charge in [-0.25, -0.2) is 0 Å². The van der Waals surface area contributed by atoms with E-state index in [9.17, 15) is 0 Å². The lowest BCUT2D eigenvalue weighted by Crippen LogP contribution is -2.06. The van der Waals surface area contributed by atoms with Gasteiger partial charge >= 0.3 is 0 Å². The van der Waals surface area contributed by atoms with Crippen molar-refractivity contribution >= 4 is 5.71 Å². The van der Waals surface area contributed by atoms with Crippen molar-refractivity contribution < 1.29 is 9.57 Å². The monoisotopic (exact) mass is 205 g/mol. The van der Waals surface area contributed by atoms with Crippen LogP contribution >= 0.6 is 0 Å². The Hall–Kier alpha value is -1.51. The molecular formula is C12H15NO2.